The predicted molar refractivity (Wildman–Crippen MR) is 272 cm³/mol. The van der Waals surface area contributed by atoms with E-state index in [9.17, 15) is 48.3 Å². The number of hydrogen-bond acceptors (Lipinski definition) is 13. The Morgan fingerprint density at radius 3 is 1.72 bits per heavy atom. The molecule has 0 aliphatic rings. The molecular weight excluding hydrogens is 973 g/mol. The number of carboxylic acid groups (broad SMARTS) is 1. The van der Waals surface area contributed by atoms with Crippen LogP contribution in [-0.2, 0) is 62.4 Å². The number of nitrogens with zero attached hydrogens (tertiary/aromatic N) is 2. The summed E-state index contributed by atoms with van der Waals surface area (Å²) >= 11 is 8.27. The molecule has 26 heteroatoms. The van der Waals surface area contributed by atoms with Gasteiger partial charge >= 0.3 is 5.97 Å². The third-order valence-electron chi connectivity index (χ3n) is 11.1. The van der Waals surface area contributed by atoms with Crippen LogP contribution in [-0.4, -0.2) is 140 Å². The van der Waals surface area contributed by atoms with Gasteiger partial charge in [-0.1, -0.05) is 55.5 Å². The number of fused-ring (bicyclic) bond motifs is 1. The van der Waals surface area contributed by atoms with E-state index in [1.165, 1.54) is 12.5 Å². The molecular formula is C46H62N14O10S2. The fourth-order valence-corrected chi connectivity index (χ4v) is 7.78. The average Bonchev–Trinajstić information content (AvgIpc) is 4.03. The number of H-pyrrole nitrogens is 2. The Labute approximate surface area is 425 Å². The van der Waals surface area contributed by atoms with Gasteiger partial charge in [0.15, 0.2) is 5.96 Å². The Balaban J connectivity index is 1.67. The fraction of sp³-hybridized carbons (Fsp3) is 0.413. The number of imidazole rings is 1. The average molecular weight is 1040 g/mol. The van der Waals surface area contributed by atoms with E-state index in [-0.39, 0.29) is 62.5 Å². The van der Waals surface area contributed by atoms with E-state index in [1.54, 1.807) is 49.5 Å². The summed E-state index contributed by atoms with van der Waals surface area (Å²) in [7, 11) is 0. The molecule has 8 amide bonds. The van der Waals surface area contributed by atoms with Gasteiger partial charge in [0.2, 0.25) is 47.3 Å². The second-order valence-corrected chi connectivity index (χ2v) is 17.3. The van der Waals surface area contributed by atoms with Gasteiger partial charge in [-0.2, -0.15) is 25.3 Å². The van der Waals surface area contributed by atoms with Crippen LogP contribution in [0.2, 0.25) is 0 Å². The number of nitrogens with two attached hydrogens (primary N) is 3. The van der Waals surface area contributed by atoms with Crippen LogP contribution in [0.4, 0.5) is 0 Å². The van der Waals surface area contributed by atoms with E-state index in [4.69, 9.17) is 17.2 Å². The number of carbonyl (C=O) groups excluding carboxylic acids is 8. The first-order valence-corrected chi connectivity index (χ1v) is 24.1. The zero-order valence-corrected chi connectivity index (χ0v) is 41.2. The predicted octanol–water partition coefficient (Wildman–Crippen LogP) is -2.01. The maximum Gasteiger partial charge on any atom is 0.303 e. The van der Waals surface area contributed by atoms with Crippen LogP contribution >= 0.6 is 25.3 Å². The summed E-state index contributed by atoms with van der Waals surface area (Å²) in [5.74, 6) is -8.30. The highest BCUT2D eigenvalue weighted by Crippen LogP contribution is 2.20. The van der Waals surface area contributed by atoms with Crippen molar-refractivity contribution in [2.75, 3.05) is 18.1 Å². The van der Waals surface area contributed by atoms with Crippen LogP contribution in [0, 0.1) is 0 Å². The summed E-state index contributed by atoms with van der Waals surface area (Å²) in [5, 5.41) is 28.4. The first kappa shape index (κ1) is 57.0. The highest BCUT2D eigenvalue weighted by atomic mass is 32.1. The Hall–Kier alpha value is -7.61. The van der Waals surface area contributed by atoms with Gasteiger partial charge in [-0.15, -0.1) is 0 Å². The molecule has 0 aliphatic carbocycles. The molecule has 0 saturated carbocycles. The Morgan fingerprint density at radius 2 is 1.17 bits per heavy atom. The molecule has 0 saturated heterocycles. The number of hydrogen-bond donors (Lipinski definition) is 15. The number of aromatic amines is 2. The Morgan fingerprint density at radius 1 is 0.639 bits per heavy atom. The van der Waals surface area contributed by atoms with Gasteiger partial charge < -0.3 is 69.5 Å². The molecule has 4 aromatic rings. The maximum atomic E-state index is 14.6. The number of nitrogens with one attached hydrogen (secondary N) is 9. The molecule has 4 rings (SSSR count). The number of aromatic nitrogens is 3. The minimum atomic E-state index is -1.52. The Kier molecular flexibility index (Phi) is 22.9. The van der Waals surface area contributed by atoms with Gasteiger partial charge in [0.05, 0.1) is 6.33 Å². The molecule has 0 bridgehead atoms. The van der Waals surface area contributed by atoms with Gasteiger partial charge in [-0.25, -0.2) is 4.98 Å². The summed E-state index contributed by atoms with van der Waals surface area (Å²) in [4.78, 5) is 134. The topological polar surface area (TPSA) is 393 Å². The number of primary amides is 1. The van der Waals surface area contributed by atoms with Crippen molar-refractivity contribution in [3.63, 3.8) is 0 Å². The Bertz CT molecular complexity index is 2520. The van der Waals surface area contributed by atoms with Gasteiger partial charge in [0.1, 0.15) is 42.3 Å². The number of carboxylic acids is 1. The van der Waals surface area contributed by atoms with E-state index >= 15 is 0 Å². The first-order chi connectivity index (χ1) is 34.4. The summed E-state index contributed by atoms with van der Waals surface area (Å²) < 4.78 is 0. The zero-order valence-electron chi connectivity index (χ0n) is 39.4. The van der Waals surface area contributed by atoms with Crippen molar-refractivity contribution in [3.05, 3.63) is 90.1 Å². The van der Waals surface area contributed by atoms with E-state index in [0.29, 0.717) is 16.8 Å². The van der Waals surface area contributed by atoms with Crippen LogP contribution in [0.5, 0.6) is 0 Å². The second-order valence-electron chi connectivity index (χ2n) is 16.5. The summed E-state index contributed by atoms with van der Waals surface area (Å²) in [6, 6.07) is 6.28. The minimum absolute atomic E-state index is 0.0409. The molecule has 16 N–H and O–H groups in total. The molecule has 0 spiro atoms. The molecule has 0 aliphatic heterocycles. The van der Waals surface area contributed by atoms with Crippen molar-refractivity contribution in [3.8, 4) is 0 Å². The molecule has 0 fully saturated rings. The number of para-hydroxylation sites is 1. The summed E-state index contributed by atoms with van der Waals surface area (Å²) in [6.07, 6.45) is 3.08. The van der Waals surface area contributed by atoms with E-state index in [2.05, 4.69) is 82.4 Å². The molecule has 24 nitrogen and oxygen atoms in total. The van der Waals surface area contributed by atoms with Crippen molar-refractivity contribution in [1.82, 2.24) is 52.2 Å². The lowest BCUT2D eigenvalue weighted by Gasteiger charge is -2.28. The van der Waals surface area contributed by atoms with Crippen molar-refractivity contribution in [2.45, 2.75) is 101 Å². The summed E-state index contributed by atoms with van der Waals surface area (Å²) in [6.45, 7) is 1.61. The van der Waals surface area contributed by atoms with Crippen LogP contribution in [0.15, 0.2) is 78.3 Å². The molecule has 2 aromatic heterocycles. The summed E-state index contributed by atoms with van der Waals surface area (Å²) in [5.41, 5.74) is 18.9. The number of carbonyl (C=O) groups is 9. The minimum Gasteiger partial charge on any atom is -0.481 e. The van der Waals surface area contributed by atoms with Gasteiger partial charge in [0.25, 0.3) is 0 Å². The first-order valence-electron chi connectivity index (χ1n) is 22.9. The number of aliphatic carboxylic acids is 1. The van der Waals surface area contributed by atoms with Gasteiger partial charge in [-0.05, 0) is 36.5 Å². The number of rotatable bonds is 30. The normalized spacial score (nSPS) is 13.9. The lowest BCUT2D eigenvalue weighted by molar-refractivity contribution is -0.138. The fourth-order valence-electron chi connectivity index (χ4n) is 7.25. The van der Waals surface area contributed by atoms with E-state index in [0.717, 1.165) is 10.9 Å². The number of thiol groups is 2. The second kappa shape index (κ2) is 28.9. The molecule has 0 unspecified atom stereocenters. The maximum absolute atomic E-state index is 14.6. The smallest absolute Gasteiger partial charge is 0.303 e. The molecule has 7 atom stereocenters. The lowest BCUT2D eigenvalue weighted by Crippen LogP contribution is -2.61. The molecule has 72 heavy (non-hydrogen) atoms. The highest BCUT2D eigenvalue weighted by molar-refractivity contribution is 7.80. The lowest BCUT2D eigenvalue weighted by atomic mass is 10.0. The van der Waals surface area contributed by atoms with Crippen molar-refractivity contribution >= 4 is 95.3 Å². The van der Waals surface area contributed by atoms with Crippen molar-refractivity contribution in [1.29, 1.82) is 0 Å². The number of amides is 8. The quantitative estimate of drug-likeness (QED) is 0.0116. The standard InChI is InChI=1S/C46H62N14O10S2/c1-2-37(61)54-36(23-72)45(70)56-31(14-15-38(62)63)41(66)59-34(19-27-21-50-24-53-27)44(69)57-32(17-25-9-4-3-5-10-25)42(67)55-30(13-8-16-51-46(48)49)40(65)58-33(43(68)60-35(22-71)39(47)64)18-26-20-52-29-12-7-6-11-28(26)29/h3-7,9-12,20-21,24,30-36,52,71-72H,2,8,13-19,22-23H2,1H3,(H2,47,64)(H,50,53)(H,54,61)(H,55,67)(H,56,70)(H,57,69)(H,58,65)(H,59,66)(H,60,68)(H,62,63)(H4,48,49,51)/t30-,31-,32+,33-,34-,35-,36-/m0/s1. The molecule has 2 aromatic carbocycles. The number of benzene rings is 2. The van der Waals surface area contributed by atoms with Crippen LogP contribution in [0.1, 0.15) is 55.8 Å². The van der Waals surface area contributed by atoms with E-state index < -0.39 is 108 Å². The third-order valence-corrected chi connectivity index (χ3v) is 11.8. The molecule has 2 heterocycles. The number of guanidine groups is 1. The monoisotopic (exact) mass is 1030 g/mol. The molecule has 0 radical (unpaired) electrons. The van der Waals surface area contributed by atoms with Gasteiger partial charge in [0, 0.05) is 79.1 Å². The third kappa shape index (κ3) is 18.3. The molecule has 388 valence electrons. The SMILES string of the molecule is CCC(=O)N[C@@H](CS)C(=O)N[C@@H](CCC(=O)O)C(=O)N[C@@H](Cc1cnc[nH]1)C(=O)N[C@H](Cc1ccccc1)C(=O)N[C@@H](CCCN=C(N)N)C(=O)N[C@@H](Cc1c[nH]c2ccccc12)C(=O)N[C@@H](CS)C(N)=O. The van der Waals surface area contributed by atoms with Crippen LogP contribution < -0.4 is 54.4 Å². The highest BCUT2D eigenvalue weighted by Gasteiger charge is 2.35. The number of aliphatic imine (C=N–C) groups is 1. The zero-order chi connectivity index (χ0) is 52.7. The van der Waals surface area contributed by atoms with E-state index in [1.807, 2.05) is 18.2 Å². The van der Waals surface area contributed by atoms with Crippen molar-refractivity contribution < 1.29 is 48.3 Å². The largest absolute Gasteiger partial charge is 0.481 e. The van der Waals surface area contributed by atoms with Crippen LogP contribution in [0.25, 0.3) is 10.9 Å². The van der Waals surface area contributed by atoms with Gasteiger partial charge in [-0.3, -0.25) is 48.1 Å². The van der Waals surface area contributed by atoms with Crippen molar-refractivity contribution in [2.24, 2.45) is 22.2 Å². The van der Waals surface area contributed by atoms with Crippen LogP contribution in [0.3, 0.4) is 0 Å².